The molecule has 0 aliphatic carbocycles. The Balaban J connectivity index is 2.46. The molecule has 1 rings (SSSR count). The molecule has 0 spiro atoms. The van der Waals surface area contributed by atoms with E-state index in [0.29, 0.717) is 5.92 Å². The number of nitrogens with zero attached hydrogens (tertiary/aromatic N) is 1. The first kappa shape index (κ1) is 18.9. The highest BCUT2D eigenvalue weighted by Crippen LogP contribution is 2.27. The number of aryl methyl sites for hydroxylation is 1. The first-order valence-corrected chi connectivity index (χ1v) is 7.96. The smallest absolute Gasteiger partial charge is 0.311 e. The van der Waals surface area contributed by atoms with Crippen LogP contribution in [0.3, 0.4) is 0 Å². The Bertz CT molecular complexity index is 543. The van der Waals surface area contributed by atoms with Crippen LogP contribution in [0.25, 0.3) is 0 Å². The molecule has 1 amide bonds. The Morgan fingerprint density at radius 3 is 2.61 bits per heavy atom. The molecule has 0 bridgehead atoms. The van der Waals surface area contributed by atoms with E-state index in [-0.39, 0.29) is 30.0 Å². The maximum Gasteiger partial charge on any atom is 0.311 e. The molecule has 0 saturated carbocycles. The minimum absolute atomic E-state index is 0.0675. The van der Waals surface area contributed by atoms with Crippen molar-refractivity contribution in [2.24, 2.45) is 5.92 Å². The molecule has 1 atom stereocenters. The van der Waals surface area contributed by atoms with Crippen LogP contribution in [-0.2, 0) is 4.79 Å². The molecular formula is C17H26N2O4. The van der Waals surface area contributed by atoms with Crippen molar-refractivity contribution in [2.45, 2.75) is 53.0 Å². The van der Waals surface area contributed by atoms with Gasteiger partial charge < -0.3 is 10.1 Å². The van der Waals surface area contributed by atoms with Crippen LogP contribution < -0.4 is 10.1 Å². The van der Waals surface area contributed by atoms with Crippen LogP contribution in [0.4, 0.5) is 5.69 Å². The zero-order chi connectivity index (χ0) is 17.4. The predicted molar refractivity (Wildman–Crippen MR) is 89.6 cm³/mol. The lowest BCUT2D eigenvalue weighted by Gasteiger charge is -2.15. The number of nitro groups is 1. The monoisotopic (exact) mass is 322 g/mol. The number of carbonyl (C=O) groups excluding carboxylic acids is 1. The van der Waals surface area contributed by atoms with Gasteiger partial charge in [0.2, 0.25) is 0 Å². The molecule has 128 valence electrons. The normalized spacial score (nSPS) is 12.0. The van der Waals surface area contributed by atoms with Crippen molar-refractivity contribution >= 4 is 11.6 Å². The molecule has 1 N–H and O–H groups in total. The largest absolute Gasteiger partial charge is 0.477 e. The molecule has 23 heavy (non-hydrogen) atoms. The highest BCUT2D eigenvalue weighted by molar-refractivity contribution is 5.78. The average Bonchev–Trinajstić information content (AvgIpc) is 2.45. The lowest BCUT2D eigenvalue weighted by atomic mass is 10.0. The van der Waals surface area contributed by atoms with Gasteiger partial charge in [0.05, 0.1) is 4.92 Å². The van der Waals surface area contributed by atoms with Crippen LogP contribution in [0.15, 0.2) is 18.2 Å². The lowest BCUT2D eigenvalue weighted by molar-refractivity contribution is -0.385. The number of ether oxygens (including phenoxy) is 1. The molecular weight excluding hydrogens is 296 g/mol. The summed E-state index contributed by atoms with van der Waals surface area (Å²) in [4.78, 5) is 22.4. The average molecular weight is 322 g/mol. The summed E-state index contributed by atoms with van der Waals surface area (Å²) in [5.74, 6) is 0.503. The fraction of sp³-hybridized carbons (Fsp3) is 0.588. The van der Waals surface area contributed by atoms with Gasteiger partial charge in [0.1, 0.15) is 0 Å². The van der Waals surface area contributed by atoms with Crippen LogP contribution in [-0.4, -0.2) is 23.5 Å². The van der Waals surface area contributed by atoms with Crippen molar-refractivity contribution in [2.75, 3.05) is 6.61 Å². The number of benzene rings is 1. The van der Waals surface area contributed by atoms with Gasteiger partial charge in [0.15, 0.2) is 12.4 Å². The summed E-state index contributed by atoms with van der Waals surface area (Å²) >= 11 is 0. The maximum atomic E-state index is 11.9. The predicted octanol–water partition coefficient (Wildman–Crippen LogP) is 3.61. The molecule has 0 heterocycles. The molecule has 6 nitrogen and oxygen atoms in total. The second kappa shape index (κ2) is 9.12. The van der Waals surface area contributed by atoms with Gasteiger partial charge in [-0.05, 0) is 37.8 Å². The minimum Gasteiger partial charge on any atom is -0.477 e. The molecule has 6 heteroatoms. The number of hydrogen-bond donors (Lipinski definition) is 1. The van der Waals surface area contributed by atoms with E-state index in [4.69, 9.17) is 4.74 Å². The molecule has 1 unspecified atom stereocenters. The SMILES string of the molecule is Cc1ccc(OCC(=O)NC(C)CCCC(C)C)c([N+](=O)[O-])c1. The summed E-state index contributed by atoms with van der Waals surface area (Å²) in [5, 5.41) is 13.8. The highest BCUT2D eigenvalue weighted by Gasteiger charge is 2.16. The Kier molecular flexibility index (Phi) is 7.51. The van der Waals surface area contributed by atoms with Gasteiger partial charge in [-0.25, -0.2) is 0 Å². The first-order valence-electron chi connectivity index (χ1n) is 7.96. The number of rotatable bonds is 9. The Hall–Kier alpha value is -2.11. The van der Waals surface area contributed by atoms with Crippen molar-refractivity contribution in [3.63, 3.8) is 0 Å². The molecule has 0 saturated heterocycles. The van der Waals surface area contributed by atoms with E-state index in [1.165, 1.54) is 12.1 Å². The van der Waals surface area contributed by atoms with E-state index in [1.807, 2.05) is 6.92 Å². The van der Waals surface area contributed by atoms with Crippen LogP contribution in [0.1, 0.15) is 45.6 Å². The third kappa shape index (κ3) is 7.13. The van der Waals surface area contributed by atoms with E-state index >= 15 is 0 Å². The van der Waals surface area contributed by atoms with Gasteiger partial charge in [-0.1, -0.05) is 32.8 Å². The summed E-state index contributed by atoms with van der Waals surface area (Å²) in [7, 11) is 0. The van der Waals surface area contributed by atoms with E-state index in [0.717, 1.165) is 24.8 Å². The minimum atomic E-state index is -0.505. The maximum absolute atomic E-state index is 11.9. The highest BCUT2D eigenvalue weighted by atomic mass is 16.6. The number of carbonyl (C=O) groups is 1. The summed E-state index contributed by atoms with van der Waals surface area (Å²) in [6, 6.07) is 4.74. The molecule has 0 radical (unpaired) electrons. The Morgan fingerprint density at radius 1 is 1.30 bits per heavy atom. The summed E-state index contributed by atoms with van der Waals surface area (Å²) in [6.07, 6.45) is 3.10. The molecule has 0 fully saturated rings. The molecule has 0 aliphatic heterocycles. The second-order valence-corrected chi connectivity index (χ2v) is 6.31. The van der Waals surface area contributed by atoms with E-state index in [9.17, 15) is 14.9 Å². The van der Waals surface area contributed by atoms with Crippen molar-refractivity contribution in [1.29, 1.82) is 0 Å². The van der Waals surface area contributed by atoms with Gasteiger partial charge in [-0.15, -0.1) is 0 Å². The van der Waals surface area contributed by atoms with Crippen LogP contribution in [0.2, 0.25) is 0 Å². The fourth-order valence-electron chi connectivity index (χ4n) is 2.26. The van der Waals surface area contributed by atoms with Crippen molar-refractivity contribution in [1.82, 2.24) is 5.32 Å². The van der Waals surface area contributed by atoms with Gasteiger partial charge >= 0.3 is 5.69 Å². The number of hydrogen-bond acceptors (Lipinski definition) is 4. The molecule has 0 aromatic heterocycles. The standard InChI is InChI=1S/C17H26N2O4/c1-12(2)6-5-7-14(4)18-17(20)11-23-16-9-8-13(3)10-15(16)19(21)22/h8-10,12,14H,5-7,11H2,1-4H3,(H,18,20). The van der Waals surface area contributed by atoms with E-state index < -0.39 is 4.92 Å². The molecule has 0 aliphatic rings. The van der Waals surface area contributed by atoms with Crippen LogP contribution >= 0.6 is 0 Å². The third-order valence-electron chi connectivity index (χ3n) is 3.50. The Morgan fingerprint density at radius 2 is 2.00 bits per heavy atom. The van der Waals surface area contributed by atoms with Crippen LogP contribution in [0, 0.1) is 23.0 Å². The first-order chi connectivity index (χ1) is 10.8. The third-order valence-corrected chi connectivity index (χ3v) is 3.50. The second-order valence-electron chi connectivity index (χ2n) is 6.31. The molecule has 1 aromatic rings. The van der Waals surface area contributed by atoms with Gasteiger partial charge in [-0.3, -0.25) is 14.9 Å². The topological polar surface area (TPSA) is 81.5 Å². The number of nitrogens with one attached hydrogen (secondary N) is 1. The van der Waals surface area contributed by atoms with Gasteiger partial charge in [0, 0.05) is 12.1 Å². The van der Waals surface area contributed by atoms with Crippen molar-refractivity contribution in [3.8, 4) is 5.75 Å². The van der Waals surface area contributed by atoms with Crippen LogP contribution in [0.5, 0.6) is 5.75 Å². The summed E-state index contributed by atoms with van der Waals surface area (Å²) in [6.45, 7) is 7.84. The number of nitro benzene ring substituents is 1. The lowest BCUT2D eigenvalue weighted by Crippen LogP contribution is -2.36. The van der Waals surface area contributed by atoms with E-state index in [1.54, 1.807) is 13.0 Å². The zero-order valence-electron chi connectivity index (χ0n) is 14.3. The Labute approximate surface area is 137 Å². The fourth-order valence-corrected chi connectivity index (χ4v) is 2.26. The molecule has 1 aromatic carbocycles. The van der Waals surface area contributed by atoms with Crippen molar-refractivity contribution in [3.05, 3.63) is 33.9 Å². The summed E-state index contributed by atoms with van der Waals surface area (Å²) in [5.41, 5.74) is 0.648. The van der Waals surface area contributed by atoms with Crippen molar-refractivity contribution < 1.29 is 14.5 Å². The van der Waals surface area contributed by atoms with Gasteiger partial charge in [-0.2, -0.15) is 0 Å². The van der Waals surface area contributed by atoms with Gasteiger partial charge in [0.25, 0.3) is 5.91 Å². The quantitative estimate of drug-likeness (QED) is 0.556. The van der Waals surface area contributed by atoms with E-state index in [2.05, 4.69) is 19.2 Å². The summed E-state index contributed by atoms with van der Waals surface area (Å²) < 4.78 is 5.31. The number of amides is 1. The zero-order valence-corrected chi connectivity index (χ0v) is 14.3.